The van der Waals surface area contributed by atoms with Gasteiger partial charge >= 0.3 is 0 Å². The topological polar surface area (TPSA) is 76.1 Å². The summed E-state index contributed by atoms with van der Waals surface area (Å²) < 4.78 is 5.29. The molecular formula is C21H22N4O2S. The molecule has 0 bridgehead atoms. The number of anilines is 2. The number of carbonyl (C=O) groups is 1. The Kier molecular flexibility index (Phi) is 6.16. The van der Waals surface area contributed by atoms with Crippen LogP contribution >= 0.6 is 11.8 Å². The summed E-state index contributed by atoms with van der Waals surface area (Å²) in [6.07, 6.45) is 1.77. The average Bonchev–Trinajstić information content (AvgIpc) is 2.72. The Bertz CT molecular complexity index is 1010. The van der Waals surface area contributed by atoms with Gasteiger partial charge in [-0.1, -0.05) is 30.0 Å². The predicted octanol–water partition coefficient (Wildman–Crippen LogP) is 4.36. The second kappa shape index (κ2) is 8.75. The lowest BCUT2D eigenvalue weighted by Gasteiger charge is -2.12. The fraction of sp³-hybridized carbons (Fsp3) is 0.190. The third-order valence-electron chi connectivity index (χ3n) is 4.18. The van der Waals surface area contributed by atoms with Crippen molar-refractivity contribution in [3.63, 3.8) is 0 Å². The highest BCUT2D eigenvalue weighted by atomic mass is 32.2. The fourth-order valence-electron chi connectivity index (χ4n) is 2.56. The normalized spacial score (nSPS) is 10.4. The Hall–Kier alpha value is -3.06. The first-order valence-corrected chi connectivity index (χ1v) is 9.57. The van der Waals surface area contributed by atoms with Crippen LogP contribution in [0, 0.1) is 13.8 Å². The number of methoxy groups -OCH3 is 1. The first-order valence-electron chi connectivity index (χ1n) is 8.76. The number of benzene rings is 2. The van der Waals surface area contributed by atoms with Gasteiger partial charge in [0.2, 0.25) is 5.95 Å². The molecule has 2 aromatic carbocycles. The molecule has 1 aromatic heterocycles. The van der Waals surface area contributed by atoms with E-state index in [0.717, 1.165) is 32.5 Å². The van der Waals surface area contributed by atoms with Gasteiger partial charge < -0.3 is 15.4 Å². The minimum atomic E-state index is -0.125. The van der Waals surface area contributed by atoms with Gasteiger partial charge in [0.1, 0.15) is 10.8 Å². The van der Waals surface area contributed by atoms with E-state index in [9.17, 15) is 4.79 Å². The minimum absolute atomic E-state index is 0.125. The molecule has 0 fully saturated rings. The number of hydrogen-bond donors (Lipinski definition) is 2. The number of amides is 1. The molecular weight excluding hydrogens is 372 g/mol. The van der Waals surface area contributed by atoms with E-state index in [1.165, 1.54) is 11.8 Å². The summed E-state index contributed by atoms with van der Waals surface area (Å²) in [6, 6.07) is 13.3. The van der Waals surface area contributed by atoms with Gasteiger partial charge in [-0.2, -0.15) is 0 Å². The largest absolute Gasteiger partial charge is 0.497 e. The molecule has 1 amide bonds. The number of hydrogen-bond acceptors (Lipinski definition) is 6. The van der Waals surface area contributed by atoms with Gasteiger partial charge in [0.05, 0.1) is 12.7 Å². The minimum Gasteiger partial charge on any atom is -0.497 e. The number of carbonyl (C=O) groups excluding carboxylic acids is 1. The molecule has 0 atom stereocenters. The molecule has 3 rings (SSSR count). The SMILES string of the molecule is CNC(=O)c1ccccc1Sc1nc(Nc2cc(OC)ccc2C)ncc1C. The van der Waals surface area contributed by atoms with Crippen LogP contribution in [-0.2, 0) is 0 Å². The summed E-state index contributed by atoms with van der Waals surface area (Å²) >= 11 is 1.44. The van der Waals surface area contributed by atoms with Crippen molar-refractivity contribution >= 4 is 29.3 Å². The molecule has 0 aliphatic rings. The highest BCUT2D eigenvalue weighted by Gasteiger charge is 2.13. The number of rotatable bonds is 6. The molecule has 2 N–H and O–H groups in total. The molecule has 0 saturated carbocycles. The summed E-state index contributed by atoms with van der Waals surface area (Å²) in [5.41, 5.74) is 3.49. The number of ether oxygens (including phenoxy) is 1. The zero-order chi connectivity index (χ0) is 20.1. The Balaban J connectivity index is 1.90. The van der Waals surface area contributed by atoms with E-state index >= 15 is 0 Å². The Labute approximate surface area is 168 Å². The molecule has 7 heteroatoms. The first kappa shape index (κ1) is 19.7. The number of nitrogens with one attached hydrogen (secondary N) is 2. The molecule has 28 heavy (non-hydrogen) atoms. The van der Waals surface area contributed by atoms with Crippen molar-refractivity contribution in [3.8, 4) is 5.75 Å². The maximum Gasteiger partial charge on any atom is 0.252 e. The van der Waals surface area contributed by atoms with Crippen molar-refractivity contribution in [2.75, 3.05) is 19.5 Å². The van der Waals surface area contributed by atoms with Crippen LogP contribution in [0.2, 0.25) is 0 Å². The monoisotopic (exact) mass is 394 g/mol. The van der Waals surface area contributed by atoms with E-state index in [1.807, 2.05) is 50.2 Å². The van der Waals surface area contributed by atoms with Crippen molar-refractivity contribution in [1.29, 1.82) is 0 Å². The van der Waals surface area contributed by atoms with E-state index < -0.39 is 0 Å². The lowest BCUT2D eigenvalue weighted by atomic mass is 10.2. The third kappa shape index (κ3) is 4.43. The van der Waals surface area contributed by atoms with Crippen LogP contribution in [0.25, 0.3) is 0 Å². The lowest BCUT2D eigenvalue weighted by molar-refractivity contribution is 0.0960. The molecule has 0 spiro atoms. The molecule has 0 aliphatic heterocycles. The maximum atomic E-state index is 12.1. The Morgan fingerprint density at radius 1 is 1.11 bits per heavy atom. The summed E-state index contributed by atoms with van der Waals surface area (Å²) in [5.74, 6) is 1.12. The molecule has 0 radical (unpaired) electrons. The zero-order valence-corrected chi connectivity index (χ0v) is 17.1. The van der Waals surface area contributed by atoms with Gasteiger partial charge in [-0.15, -0.1) is 0 Å². The second-order valence-electron chi connectivity index (χ2n) is 6.16. The van der Waals surface area contributed by atoms with Crippen molar-refractivity contribution in [3.05, 3.63) is 65.4 Å². The smallest absolute Gasteiger partial charge is 0.252 e. The molecule has 1 heterocycles. The van der Waals surface area contributed by atoms with Crippen LogP contribution in [0.1, 0.15) is 21.5 Å². The van der Waals surface area contributed by atoms with Crippen LogP contribution < -0.4 is 15.4 Å². The molecule has 0 aliphatic carbocycles. The van der Waals surface area contributed by atoms with E-state index in [4.69, 9.17) is 4.74 Å². The molecule has 144 valence electrons. The van der Waals surface area contributed by atoms with Crippen molar-refractivity contribution in [2.24, 2.45) is 0 Å². The van der Waals surface area contributed by atoms with Crippen molar-refractivity contribution in [2.45, 2.75) is 23.8 Å². The van der Waals surface area contributed by atoms with Crippen molar-refractivity contribution in [1.82, 2.24) is 15.3 Å². The highest BCUT2D eigenvalue weighted by molar-refractivity contribution is 7.99. The van der Waals surface area contributed by atoms with Gasteiger partial charge in [-0.3, -0.25) is 4.79 Å². The zero-order valence-electron chi connectivity index (χ0n) is 16.2. The number of aromatic nitrogens is 2. The van der Waals surface area contributed by atoms with Gasteiger partial charge in [0.25, 0.3) is 5.91 Å². The summed E-state index contributed by atoms with van der Waals surface area (Å²) in [6.45, 7) is 3.96. The summed E-state index contributed by atoms with van der Waals surface area (Å²) in [7, 11) is 3.26. The quantitative estimate of drug-likeness (QED) is 0.605. The van der Waals surface area contributed by atoms with Gasteiger partial charge in [0, 0.05) is 35.5 Å². The molecule has 6 nitrogen and oxygen atoms in total. The van der Waals surface area contributed by atoms with Crippen molar-refractivity contribution < 1.29 is 9.53 Å². The number of aryl methyl sites for hydroxylation is 2. The third-order valence-corrected chi connectivity index (χ3v) is 5.36. The molecule has 0 saturated heterocycles. The maximum absolute atomic E-state index is 12.1. The summed E-state index contributed by atoms with van der Waals surface area (Å²) in [4.78, 5) is 22.0. The lowest BCUT2D eigenvalue weighted by Crippen LogP contribution is -2.18. The van der Waals surface area contributed by atoms with Crippen LogP contribution in [0.15, 0.2) is 58.6 Å². The molecule has 0 unspecified atom stereocenters. The van der Waals surface area contributed by atoms with Gasteiger partial charge in [0.15, 0.2) is 0 Å². The van der Waals surface area contributed by atoms with E-state index in [-0.39, 0.29) is 5.91 Å². The van der Waals surface area contributed by atoms with Crippen LogP contribution in [-0.4, -0.2) is 30.0 Å². The standard InChI is InChI=1S/C21H22N4O2S/c1-13-9-10-15(27-4)11-17(13)24-21-23-12-14(2)20(25-21)28-18-8-6-5-7-16(18)19(26)22-3/h5-12H,1-4H3,(H,22,26)(H,23,24,25). The van der Waals surface area contributed by atoms with Gasteiger partial charge in [-0.25, -0.2) is 9.97 Å². The van der Waals surface area contributed by atoms with Crippen LogP contribution in [0.4, 0.5) is 11.6 Å². The molecule has 3 aromatic rings. The van der Waals surface area contributed by atoms with E-state index in [1.54, 1.807) is 26.4 Å². The fourth-order valence-corrected chi connectivity index (χ4v) is 3.53. The Morgan fingerprint density at radius 2 is 1.89 bits per heavy atom. The van der Waals surface area contributed by atoms with E-state index in [0.29, 0.717) is 11.5 Å². The number of nitrogens with zero attached hydrogens (tertiary/aromatic N) is 2. The predicted molar refractivity (Wildman–Crippen MR) is 112 cm³/mol. The van der Waals surface area contributed by atoms with E-state index in [2.05, 4.69) is 20.6 Å². The first-order chi connectivity index (χ1) is 13.5. The van der Waals surface area contributed by atoms with Gasteiger partial charge in [-0.05, 0) is 37.6 Å². The second-order valence-corrected chi connectivity index (χ2v) is 7.20. The summed E-state index contributed by atoms with van der Waals surface area (Å²) in [5, 5.41) is 6.71. The average molecular weight is 395 g/mol. The Morgan fingerprint density at radius 3 is 2.64 bits per heavy atom. The highest BCUT2D eigenvalue weighted by Crippen LogP contribution is 2.32. The van der Waals surface area contributed by atoms with Crippen LogP contribution in [0.3, 0.4) is 0 Å². The van der Waals surface area contributed by atoms with Crippen LogP contribution in [0.5, 0.6) is 5.75 Å².